The highest BCUT2D eigenvalue weighted by atomic mass is 35.5. The second-order valence-electron chi connectivity index (χ2n) is 5.24. The largest absolute Gasteiger partial charge is 0.378 e. The van der Waals surface area contributed by atoms with Crippen molar-refractivity contribution in [2.75, 3.05) is 19.0 Å². The first-order valence-corrected chi connectivity index (χ1v) is 7.02. The molecule has 0 atom stereocenters. The van der Waals surface area contributed by atoms with Crippen LogP contribution < -0.4 is 4.90 Å². The van der Waals surface area contributed by atoms with E-state index in [0.29, 0.717) is 11.0 Å². The van der Waals surface area contributed by atoms with Crippen molar-refractivity contribution >= 4 is 22.9 Å². The van der Waals surface area contributed by atoms with Gasteiger partial charge in [-0.3, -0.25) is 0 Å². The summed E-state index contributed by atoms with van der Waals surface area (Å²) < 4.78 is 1.70. The summed E-state index contributed by atoms with van der Waals surface area (Å²) in [6.07, 6.45) is 0. The molecule has 0 spiro atoms. The van der Waals surface area contributed by atoms with Crippen LogP contribution in [0.15, 0.2) is 24.3 Å². The highest BCUT2D eigenvalue weighted by Crippen LogP contribution is 2.25. The highest BCUT2D eigenvalue weighted by molar-refractivity contribution is 6.30. The summed E-state index contributed by atoms with van der Waals surface area (Å²) in [6.45, 7) is 3.91. The molecular weight excluding hydrogens is 286 g/mol. The molecule has 0 unspecified atom stereocenters. The first-order valence-electron chi connectivity index (χ1n) is 6.65. The van der Waals surface area contributed by atoms with Crippen molar-refractivity contribution in [2.24, 2.45) is 0 Å². The maximum atomic E-state index is 6.18. The lowest BCUT2D eigenvalue weighted by molar-refractivity contribution is 0.919. The molecule has 0 aliphatic rings. The Hall–Kier alpha value is -2.14. The molecule has 0 saturated heterocycles. The summed E-state index contributed by atoms with van der Waals surface area (Å²) in [6, 6.07) is 8.10. The summed E-state index contributed by atoms with van der Waals surface area (Å²) in [5.41, 5.74) is 4.76. The zero-order valence-corrected chi connectivity index (χ0v) is 13.2. The summed E-state index contributed by atoms with van der Waals surface area (Å²) in [5, 5.41) is 13.4. The van der Waals surface area contributed by atoms with E-state index >= 15 is 0 Å². The molecule has 0 fully saturated rings. The van der Waals surface area contributed by atoms with Crippen LogP contribution in [0.5, 0.6) is 0 Å². The van der Waals surface area contributed by atoms with Gasteiger partial charge in [0.2, 0.25) is 0 Å². The van der Waals surface area contributed by atoms with Crippen LogP contribution in [0.2, 0.25) is 5.15 Å². The van der Waals surface area contributed by atoms with Crippen molar-refractivity contribution in [1.82, 2.24) is 19.8 Å². The van der Waals surface area contributed by atoms with E-state index in [1.807, 2.05) is 57.1 Å². The van der Waals surface area contributed by atoms with Gasteiger partial charge in [-0.2, -0.15) is 9.61 Å². The van der Waals surface area contributed by atoms with Gasteiger partial charge in [0, 0.05) is 30.9 Å². The van der Waals surface area contributed by atoms with Crippen molar-refractivity contribution in [1.29, 1.82) is 0 Å². The topological polar surface area (TPSA) is 46.3 Å². The van der Waals surface area contributed by atoms with Crippen LogP contribution in [0.1, 0.15) is 11.1 Å². The minimum atomic E-state index is 0.478. The summed E-state index contributed by atoms with van der Waals surface area (Å²) in [7, 11) is 4.02. The molecule has 3 rings (SSSR count). The molecule has 2 heterocycles. The fourth-order valence-corrected chi connectivity index (χ4v) is 2.40. The van der Waals surface area contributed by atoms with Crippen molar-refractivity contribution < 1.29 is 0 Å². The summed E-state index contributed by atoms with van der Waals surface area (Å²) in [4.78, 5) is 2.05. The third-order valence-corrected chi connectivity index (χ3v) is 4.04. The lowest BCUT2D eigenvalue weighted by atomic mass is 10.2. The molecule has 0 aliphatic heterocycles. The lowest BCUT2D eigenvalue weighted by Crippen LogP contribution is -2.08. The van der Waals surface area contributed by atoms with Crippen LogP contribution in [0.3, 0.4) is 0 Å². The van der Waals surface area contributed by atoms with Gasteiger partial charge in [-0.1, -0.05) is 11.6 Å². The van der Waals surface area contributed by atoms with Crippen molar-refractivity contribution in [3.05, 3.63) is 40.5 Å². The molecule has 6 heteroatoms. The average molecular weight is 302 g/mol. The molecule has 5 nitrogen and oxygen atoms in total. The maximum Gasteiger partial charge on any atom is 0.185 e. The number of fused-ring (bicyclic) bond motifs is 1. The molecule has 0 bridgehead atoms. The molecule has 0 radical (unpaired) electrons. The molecule has 3 aromatic rings. The van der Waals surface area contributed by atoms with E-state index in [1.165, 1.54) is 0 Å². The van der Waals surface area contributed by atoms with E-state index in [9.17, 15) is 0 Å². The Labute approximate surface area is 128 Å². The number of aromatic nitrogens is 4. The third kappa shape index (κ3) is 2.23. The van der Waals surface area contributed by atoms with E-state index in [4.69, 9.17) is 11.6 Å². The van der Waals surface area contributed by atoms with Gasteiger partial charge < -0.3 is 4.90 Å². The summed E-state index contributed by atoms with van der Waals surface area (Å²) >= 11 is 6.18. The number of nitrogens with zero attached hydrogens (tertiary/aromatic N) is 5. The number of benzene rings is 1. The normalized spacial score (nSPS) is 11.1. The predicted molar refractivity (Wildman–Crippen MR) is 85.0 cm³/mol. The first kappa shape index (κ1) is 13.8. The van der Waals surface area contributed by atoms with Crippen LogP contribution in [0.4, 0.5) is 5.69 Å². The number of aryl methyl sites for hydroxylation is 1. The standard InChI is InChI=1S/C15H16ClN5/c1-9-10(2)14-17-18-15(21(14)19-13(9)16)11-5-7-12(8-6-11)20(3)4/h5-8H,1-4H3. The number of rotatable bonds is 2. The van der Waals surface area contributed by atoms with Crippen LogP contribution in [0.25, 0.3) is 17.0 Å². The smallest absolute Gasteiger partial charge is 0.185 e. The highest BCUT2D eigenvalue weighted by Gasteiger charge is 2.14. The van der Waals surface area contributed by atoms with E-state index in [0.717, 1.165) is 28.0 Å². The third-order valence-electron chi connectivity index (χ3n) is 3.68. The maximum absolute atomic E-state index is 6.18. The molecule has 1 aromatic carbocycles. The number of anilines is 1. The Bertz CT molecular complexity index is 805. The van der Waals surface area contributed by atoms with Crippen molar-refractivity contribution in [3.63, 3.8) is 0 Å². The molecule has 0 amide bonds. The fraction of sp³-hybridized carbons (Fsp3) is 0.267. The van der Waals surface area contributed by atoms with Gasteiger partial charge in [0.25, 0.3) is 0 Å². The predicted octanol–water partition coefficient (Wildman–Crippen LogP) is 3.13. The Morgan fingerprint density at radius 1 is 1.00 bits per heavy atom. The van der Waals surface area contributed by atoms with Crippen molar-refractivity contribution in [2.45, 2.75) is 13.8 Å². The number of hydrogen-bond acceptors (Lipinski definition) is 4. The Kier molecular flexibility index (Phi) is 3.29. The first-order chi connectivity index (χ1) is 9.99. The Morgan fingerprint density at radius 2 is 1.67 bits per heavy atom. The molecule has 0 saturated carbocycles. The second kappa shape index (κ2) is 5.00. The lowest BCUT2D eigenvalue weighted by Gasteiger charge is -2.12. The molecule has 0 aliphatic carbocycles. The Morgan fingerprint density at radius 3 is 2.29 bits per heavy atom. The van der Waals surface area contributed by atoms with E-state index in [1.54, 1.807) is 4.52 Å². The van der Waals surface area contributed by atoms with Gasteiger partial charge >= 0.3 is 0 Å². The zero-order valence-electron chi connectivity index (χ0n) is 12.4. The minimum Gasteiger partial charge on any atom is -0.378 e. The molecular formula is C15H16ClN5. The average Bonchev–Trinajstić information content (AvgIpc) is 2.88. The number of halogens is 1. The monoisotopic (exact) mass is 301 g/mol. The van der Waals surface area contributed by atoms with Crippen LogP contribution in [0, 0.1) is 13.8 Å². The van der Waals surface area contributed by atoms with Gasteiger partial charge in [-0.25, -0.2) is 0 Å². The zero-order chi connectivity index (χ0) is 15.1. The van der Waals surface area contributed by atoms with Crippen LogP contribution in [-0.4, -0.2) is 33.9 Å². The Balaban J connectivity index is 2.17. The van der Waals surface area contributed by atoms with E-state index < -0.39 is 0 Å². The SMILES string of the molecule is Cc1c(Cl)nn2c(-c3ccc(N(C)C)cc3)nnc2c1C. The summed E-state index contributed by atoms with van der Waals surface area (Å²) in [5.74, 6) is 0.695. The van der Waals surface area contributed by atoms with Gasteiger partial charge in [-0.05, 0) is 43.7 Å². The van der Waals surface area contributed by atoms with Gasteiger partial charge in [0.15, 0.2) is 16.6 Å². The van der Waals surface area contributed by atoms with E-state index in [-0.39, 0.29) is 0 Å². The fourth-order valence-electron chi connectivity index (χ4n) is 2.18. The van der Waals surface area contributed by atoms with Gasteiger partial charge in [-0.15, -0.1) is 10.2 Å². The van der Waals surface area contributed by atoms with Gasteiger partial charge in [0.1, 0.15) is 0 Å². The van der Waals surface area contributed by atoms with Crippen LogP contribution in [-0.2, 0) is 0 Å². The molecule has 0 N–H and O–H groups in total. The van der Waals surface area contributed by atoms with E-state index in [2.05, 4.69) is 15.3 Å². The number of hydrogen-bond donors (Lipinski definition) is 0. The van der Waals surface area contributed by atoms with Crippen molar-refractivity contribution in [3.8, 4) is 11.4 Å². The minimum absolute atomic E-state index is 0.478. The molecule has 108 valence electrons. The quantitative estimate of drug-likeness (QED) is 0.729. The van der Waals surface area contributed by atoms with Gasteiger partial charge in [0.05, 0.1) is 0 Å². The molecule has 2 aromatic heterocycles. The van der Waals surface area contributed by atoms with Crippen LogP contribution >= 0.6 is 11.6 Å². The molecule has 21 heavy (non-hydrogen) atoms. The second-order valence-corrected chi connectivity index (χ2v) is 5.60.